The van der Waals surface area contributed by atoms with Crippen molar-refractivity contribution in [3.63, 3.8) is 0 Å². The zero-order valence-electron chi connectivity index (χ0n) is 12.2. The standard InChI is InChI=1S/C18H18ClNS/c1-12-9-13(7-8-16(12)19)17(20-2)10-14-11-21-18-6-4-3-5-15(14)18/h3-9,11,17,20H,10H2,1-2H3. The number of nitrogens with one attached hydrogen (secondary N) is 1. The van der Waals surface area contributed by atoms with Crippen molar-refractivity contribution in [1.82, 2.24) is 5.32 Å². The molecule has 1 unspecified atom stereocenters. The molecule has 0 saturated heterocycles. The minimum atomic E-state index is 0.305. The zero-order chi connectivity index (χ0) is 14.8. The van der Waals surface area contributed by atoms with Gasteiger partial charge in [-0.25, -0.2) is 0 Å². The van der Waals surface area contributed by atoms with E-state index in [0.717, 1.165) is 17.0 Å². The molecule has 0 aliphatic rings. The highest BCUT2D eigenvalue weighted by Crippen LogP contribution is 2.30. The van der Waals surface area contributed by atoms with Gasteiger partial charge in [0.15, 0.2) is 0 Å². The second-order valence-corrected chi connectivity index (χ2v) is 6.63. The first-order chi connectivity index (χ1) is 10.2. The first kappa shape index (κ1) is 14.6. The molecule has 3 aromatic rings. The molecule has 0 bridgehead atoms. The molecule has 1 heterocycles. The van der Waals surface area contributed by atoms with Crippen molar-refractivity contribution in [2.75, 3.05) is 7.05 Å². The lowest BCUT2D eigenvalue weighted by molar-refractivity contribution is 0.594. The third-order valence-electron chi connectivity index (χ3n) is 3.92. The Bertz CT molecular complexity index is 763. The van der Waals surface area contributed by atoms with Gasteiger partial charge in [0.2, 0.25) is 0 Å². The van der Waals surface area contributed by atoms with Gasteiger partial charge in [0, 0.05) is 15.8 Å². The molecular weight excluding hydrogens is 298 g/mol. The van der Waals surface area contributed by atoms with E-state index >= 15 is 0 Å². The van der Waals surface area contributed by atoms with Gasteiger partial charge in [0.1, 0.15) is 0 Å². The smallest absolute Gasteiger partial charge is 0.0435 e. The second-order valence-electron chi connectivity index (χ2n) is 5.31. The number of hydrogen-bond donors (Lipinski definition) is 1. The summed E-state index contributed by atoms with van der Waals surface area (Å²) in [6.45, 7) is 2.05. The lowest BCUT2D eigenvalue weighted by Crippen LogP contribution is -2.18. The summed E-state index contributed by atoms with van der Waals surface area (Å²) in [5, 5.41) is 7.90. The highest BCUT2D eigenvalue weighted by Gasteiger charge is 2.13. The molecule has 2 aromatic carbocycles. The Morgan fingerprint density at radius 1 is 1.19 bits per heavy atom. The van der Waals surface area contributed by atoms with Gasteiger partial charge >= 0.3 is 0 Å². The second kappa shape index (κ2) is 6.18. The molecule has 0 spiro atoms. The van der Waals surface area contributed by atoms with Crippen LogP contribution in [-0.4, -0.2) is 7.05 Å². The van der Waals surface area contributed by atoms with Gasteiger partial charge in [-0.2, -0.15) is 0 Å². The molecule has 1 atom stereocenters. The predicted molar refractivity (Wildman–Crippen MR) is 93.5 cm³/mol. The Labute approximate surface area is 134 Å². The fourth-order valence-corrected chi connectivity index (χ4v) is 3.78. The van der Waals surface area contributed by atoms with Gasteiger partial charge in [-0.3, -0.25) is 0 Å². The summed E-state index contributed by atoms with van der Waals surface area (Å²) in [7, 11) is 2.02. The Kier molecular flexibility index (Phi) is 4.29. The topological polar surface area (TPSA) is 12.0 Å². The predicted octanol–water partition coefficient (Wildman–Crippen LogP) is 5.37. The van der Waals surface area contributed by atoms with Crippen molar-refractivity contribution in [2.24, 2.45) is 0 Å². The average molecular weight is 316 g/mol. The van der Waals surface area contributed by atoms with E-state index in [9.17, 15) is 0 Å². The quantitative estimate of drug-likeness (QED) is 0.683. The number of aryl methyl sites for hydroxylation is 1. The Hall–Kier alpha value is -1.35. The third-order valence-corrected chi connectivity index (χ3v) is 5.35. The molecule has 0 radical (unpaired) electrons. The van der Waals surface area contributed by atoms with Crippen molar-refractivity contribution in [2.45, 2.75) is 19.4 Å². The van der Waals surface area contributed by atoms with E-state index in [1.165, 1.54) is 21.2 Å². The molecule has 3 heteroatoms. The average Bonchev–Trinajstić information content (AvgIpc) is 2.91. The third kappa shape index (κ3) is 2.98. The van der Waals surface area contributed by atoms with Crippen LogP contribution in [0.5, 0.6) is 0 Å². The lowest BCUT2D eigenvalue weighted by atomic mass is 9.97. The van der Waals surface area contributed by atoms with Crippen LogP contribution in [0.15, 0.2) is 47.8 Å². The van der Waals surface area contributed by atoms with Gasteiger partial charge in [-0.15, -0.1) is 11.3 Å². The fourth-order valence-electron chi connectivity index (χ4n) is 2.68. The molecular formula is C18H18ClNS. The Morgan fingerprint density at radius 3 is 2.76 bits per heavy atom. The lowest BCUT2D eigenvalue weighted by Gasteiger charge is -2.17. The van der Waals surface area contributed by atoms with Gasteiger partial charge in [0.25, 0.3) is 0 Å². The summed E-state index contributed by atoms with van der Waals surface area (Å²) >= 11 is 7.95. The Morgan fingerprint density at radius 2 is 2.00 bits per heavy atom. The molecule has 1 aromatic heterocycles. The summed E-state index contributed by atoms with van der Waals surface area (Å²) in [5.41, 5.74) is 3.82. The van der Waals surface area contributed by atoms with Crippen LogP contribution in [0.2, 0.25) is 5.02 Å². The number of halogens is 1. The molecule has 3 rings (SSSR count). The number of thiophene rings is 1. The molecule has 0 aliphatic heterocycles. The molecule has 0 fully saturated rings. The van der Waals surface area contributed by atoms with Crippen LogP contribution in [0.25, 0.3) is 10.1 Å². The van der Waals surface area contributed by atoms with E-state index in [1.807, 2.05) is 24.5 Å². The van der Waals surface area contributed by atoms with Crippen LogP contribution < -0.4 is 5.32 Å². The summed E-state index contributed by atoms with van der Waals surface area (Å²) < 4.78 is 1.36. The molecule has 1 nitrogen and oxygen atoms in total. The van der Waals surface area contributed by atoms with Crippen LogP contribution >= 0.6 is 22.9 Å². The van der Waals surface area contributed by atoms with Crippen molar-refractivity contribution < 1.29 is 0 Å². The van der Waals surface area contributed by atoms with E-state index in [-0.39, 0.29) is 0 Å². The summed E-state index contributed by atoms with van der Waals surface area (Å²) in [6, 6.07) is 15.2. The maximum absolute atomic E-state index is 6.13. The number of benzene rings is 2. The van der Waals surface area contributed by atoms with E-state index < -0.39 is 0 Å². The number of likely N-dealkylation sites (N-methyl/N-ethyl adjacent to an activating group) is 1. The van der Waals surface area contributed by atoms with E-state index in [4.69, 9.17) is 11.6 Å². The highest BCUT2D eigenvalue weighted by atomic mass is 35.5. The molecule has 0 amide bonds. The van der Waals surface area contributed by atoms with Crippen LogP contribution in [-0.2, 0) is 6.42 Å². The maximum Gasteiger partial charge on any atom is 0.0435 e. The maximum atomic E-state index is 6.13. The van der Waals surface area contributed by atoms with Gasteiger partial charge in [-0.1, -0.05) is 41.9 Å². The first-order valence-corrected chi connectivity index (χ1v) is 8.33. The largest absolute Gasteiger partial charge is 0.313 e. The van der Waals surface area contributed by atoms with Crippen molar-refractivity contribution in [1.29, 1.82) is 0 Å². The minimum Gasteiger partial charge on any atom is -0.313 e. The van der Waals surface area contributed by atoms with Gasteiger partial charge in [0.05, 0.1) is 0 Å². The number of rotatable bonds is 4. The fraction of sp³-hybridized carbons (Fsp3) is 0.222. The molecule has 0 saturated carbocycles. The van der Waals surface area contributed by atoms with Crippen LogP contribution in [0.4, 0.5) is 0 Å². The van der Waals surface area contributed by atoms with Gasteiger partial charge in [-0.05, 0) is 60.0 Å². The molecule has 0 aliphatic carbocycles. The molecule has 1 N–H and O–H groups in total. The SMILES string of the molecule is CNC(Cc1csc2ccccc12)c1ccc(Cl)c(C)c1. The van der Waals surface area contributed by atoms with Crippen molar-refractivity contribution in [3.05, 3.63) is 69.6 Å². The molecule has 21 heavy (non-hydrogen) atoms. The summed E-state index contributed by atoms with van der Waals surface area (Å²) in [5.74, 6) is 0. The number of hydrogen-bond acceptors (Lipinski definition) is 2. The summed E-state index contributed by atoms with van der Waals surface area (Å²) in [4.78, 5) is 0. The normalized spacial score (nSPS) is 12.7. The van der Waals surface area contributed by atoms with Crippen LogP contribution in [0.3, 0.4) is 0 Å². The van der Waals surface area contributed by atoms with Crippen LogP contribution in [0.1, 0.15) is 22.7 Å². The van der Waals surface area contributed by atoms with Gasteiger partial charge < -0.3 is 5.32 Å². The first-order valence-electron chi connectivity index (χ1n) is 7.07. The van der Waals surface area contributed by atoms with E-state index in [1.54, 1.807) is 0 Å². The zero-order valence-corrected chi connectivity index (χ0v) is 13.8. The van der Waals surface area contributed by atoms with E-state index in [2.05, 4.69) is 54.0 Å². The number of fused-ring (bicyclic) bond motifs is 1. The highest BCUT2D eigenvalue weighted by molar-refractivity contribution is 7.17. The minimum absolute atomic E-state index is 0.305. The van der Waals surface area contributed by atoms with E-state index in [0.29, 0.717) is 6.04 Å². The Balaban J connectivity index is 1.92. The van der Waals surface area contributed by atoms with Crippen molar-refractivity contribution >= 4 is 33.0 Å². The molecule has 108 valence electrons. The van der Waals surface area contributed by atoms with Crippen molar-refractivity contribution in [3.8, 4) is 0 Å². The monoisotopic (exact) mass is 315 g/mol. The summed E-state index contributed by atoms with van der Waals surface area (Å²) in [6.07, 6.45) is 0.988. The van der Waals surface area contributed by atoms with Crippen LogP contribution in [0, 0.1) is 6.92 Å².